The predicted octanol–water partition coefficient (Wildman–Crippen LogP) is 1.80. The monoisotopic (exact) mass is 296 g/mol. The maximum atomic E-state index is 10.7. The molecule has 20 heavy (non-hydrogen) atoms. The summed E-state index contributed by atoms with van der Waals surface area (Å²) in [5, 5.41) is 15.0. The van der Waals surface area contributed by atoms with Gasteiger partial charge in [0.15, 0.2) is 11.5 Å². The molecule has 2 aromatic rings. The Kier molecular flexibility index (Phi) is 2.87. The van der Waals surface area contributed by atoms with Crippen LogP contribution in [0.25, 0.3) is 0 Å². The van der Waals surface area contributed by atoms with E-state index < -0.39 is 4.92 Å². The molecule has 0 saturated heterocycles. The lowest BCUT2D eigenvalue weighted by Crippen LogP contribution is -2.06. The second-order valence-corrected chi connectivity index (χ2v) is 4.55. The molecule has 1 aromatic carbocycles. The molecule has 0 amide bonds. The first-order valence-corrected chi connectivity index (χ1v) is 5.97. The SMILES string of the molecule is Nc1c([N+](=O)[O-])cnn1Cc1cc(Cl)c2c(c1)OCO2. The van der Waals surface area contributed by atoms with Crippen LogP contribution in [0.2, 0.25) is 5.02 Å². The van der Waals surface area contributed by atoms with Crippen LogP contribution in [0.15, 0.2) is 18.3 Å². The summed E-state index contributed by atoms with van der Waals surface area (Å²) >= 11 is 6.06. The van der Waals surface area contributed by atoms with Gasteiger partial charge in [-0.25, -0.2) is 4.68 Å². The smallest absolute Gasteiger partial charge is 0.330 e. The van der Waals surface area contributed by atoms with Crippen LogP contribution in [-0.2, 0) is 6.54 Å². The van der Waals surface area contributed by atoms with Crippen molar-refractivity contribution >= 4 is 23.1 Å². The molecule has 0 saturated carbocycles. The van der Waals surface area contributed by atoms with Gasteiger partial charge in [-0.3, -0.25) is 10.1 Å². The summed E-state index contributed by atoms with van der Waals surface area (Å²) in [6.45, 7) is 0.365. The highest BCUT2D eigenvalue weighted by Crippen LogP contribution is 2.40. The van der Waals surface area contributed by atoms with E-state index >= 15 is 0 Å². The largest absolute Gasteiger partial charge is 0.454 e. The van der Waals surface area contributed by atoms with Gasteiger partial charge in [-0.1, -0.05) is 11.6 Å². The van der Waals surface area contributed by atoms with E-state index in [-0.39, 0.29) is 24.8 Å². The normalized spacial score (nSPS) is 12.7. The van der Waals surface area contributed by atoms with Gasteiger partial charge in [-0.05, 0) is 17.7 Å². The minimum absolute atomic E-state index is 0.0104. The molecular formula is C11H9ClN4O4. The van der Waals surface area contributed by atoms with Gasteiger partial charge < -0.3 is 15.2 Å². The first-order valence-electron chi connectivity index (χ1n) is 5.60. The lowest BCUT2D eigenvalue weighted by molar-refractivity contribution is -0.384. The van der Waals surface area contributed by atoms with Crippen molar-refractivity contribution in [2.24, 2.45) is 0 Å². The number of rotatable bonds is 3. The van der Waals surface area contributed by atoms with Crippen molar-refractivity contribution in [3.63, 3.8) is 0 Å². The Morgan fingerprint density at radius 2 is 2.30 bits per heavy atom. The van der Waals surface area contributed by atoms with Crippen LogP contribution in [0, 0.1) is 10.1 Å². The average molecular weight is 297 g/mol. The molecule has 1 aliphatic rings. The van der Waals surface area contributed by atoms with Crippen molar-refractivity contribution < 1.29 is 14.4 Å². The van der Waals surface area contributed by atoms with Crippen LogP contribution < -0.4 is 15.2 Å². The Morgan fingerprint density at radius 1 is 1.50 bits per heavy atom. The van der Waals surface area contributed by atoms with Crippen LogP contribution >= 0.6 is 11.6 Å². The first-order chi connectivity index (χ1) is 9.56. The average Bonchev–Trinajstić information content (AvgIpc) is 2.97. The maximum absolute atomic E-state index is 10.7. The number of nitrogens with two attached hydrogens (primary N) is 1. The fourth-order valence-electron chi connectivity index (χ4n) is 1.94. The minimum Gasteiger partial charge on any atom is -0.454 e. The van der Waals surface area contributed by atoms with E-state index in [9.17, 15) is 10.1 Å². The van der Waals surface area contributed by atoms with Crippen molar-refractivity contribution in [3.8, 4) is 11.5 Å². The Labute approximate surface area is 117 Å². The molecule has 2 heterocycles. The van der Waals surface area contributed by atoms with E-state index in [2.05, 4.69) is 5.10 Å². The fraction of sp³-hybridized carbons (Fsp3) is 0.182. The van der Waals surface area contributed by atoms with Gasteiger partial charge in [0.1, 0.15) is 6.20 Å². The van der Waals surface area contributed by atoms with E-state index in [1.54, 1.807) is 12.1 Å². The van der Waals surface area contributed by atoms with Crippen LogP contribution in [0.1, 0.15) is 5.56 Å². The van der Waals surface area contributed by atoms with Crippen molar-refractivity contribution in [2.45, 2.75) is 6.54 Å². The molecule has 3 rings (SSSR count). The molecule has 0 atom stereocenters. The predicted molar refractivity (Wildman–Crippen MR) is 70.0 cm³/mol. The van der Waals surface area contributed by atoms with Crippen molar-refractivity contribution in [3.05, 3.63) is 39.0 Å². The van der Waals surface area contributed by atoms with E-state index in [1.807, 2.05) is 0 Å². The van der Waals surface area contributed by atoms with Gasteiger partial charge in [-0.2, -0.15) is 5.10 Å². The Bertz CT molecular complexity index is 700. The number of nitrogens with zero attached hydrogens (tertiary/aromatic N) is 3. The van der Waals surface area contributed by atoms with Gasteiger partial charge in [0.25, 0.3) is 0 Å². The number of benzene rings is 1. The van der Waals surface area contributed by atoms with Crippen molar-refractivity contribution in [2.75, 3.05) is 12.5 Å². The second-order valence-electron chi connectivity index (χ2n) is 4.14. The molecule has 2 N–H and O–H groups in total. The molecule has 104 valence electrons. The highest BCUT2D eigenvalue weighted by atomic mass is 35.5. The highest BCUT2D eigenvalue weighted by Gasteiger charge is 2.21. The maximum Gasteiger partial charge on any atom is 0.330 e. The summed E-state index contributed by atoms with van der Waals surface area (Å²) in [4.78, 5) is 10.1. The quantitative estimate of drug-likeness (QED) is 0.684. The lowest BCUT2D eigenvalue weighted by Gasteiger charge is -2.06. The zero-order valence-electron chi connectivity index (χ0n) is 10.1. The number of ether oxygens (including phenoxy) is 2. The summed E-state index contributed by atoms with van der Waals surface area (Å²) in [5.41, 5.74) is 6.20. The number of hydrogen-bond acceptors (Lipinski definition) is 6. The van der Waals surface area contributed by atoms with E-state index in [4.69, 9.17) is 26.8 Å². The summed E-state index contributed by atoms with van der Waals surface area (Å²) in [7, 11) is 0. The van der Waals surface area contributed by atoms with Gasteiger partial charge in [0.2, 0.25) is 12.6 Å². The summed E-state index contributed by atoms with van der Waals surface area (Å²) in [6, 6.07) is 3.42. The molecule has 0 spiro atoms. The van der Waals surface area contributed by atoms with E-state index in [1.165, 1.54) is 4.68 Å². The molecule has 0 aliphatic carbocycles. The van der Waals surface area contributed by atoms with Gasteiger partial charge >= 0.3 is 5.69 Å². The number of anilines is 1. The Balaban J connectivity index is 1.92. The van der Waals surface area contributed by atoms with Crippen LogP contribution in [-0.4, -0.2) is 21.5 Å². The molecule has 0 fully saturated rings. The minimum atomic E-state index is -0.578. The molecular weight excluding hydrogens is 288 g/mol. The summed E-state index contributed by atoms with van der Waals surface area (Å²) in [6.07, 6.45) is 1.11. The summed E-state index contributed by atoms with van der Waals surface area (Å²) in [5.74, 6) is 1.02. The molecule has 9 heteroatoms. The summed E-state index contributed by atoms with van der Waals surface area (Å²) < 4.78 is 11.8. The standard InChI is InChI=1S/C11H9ClN4O4/c12-7-1-6(2-9-10(7)20-5-19-9)4-15-11(13)8(3-14-15)16(17)18/h1-3H,4-5,13H2. The zero-order valence-corrected chi connectivity index (χ0v) is 10.8. The highest BCUT2D eigenvalue weighted by molar-refractivity contribution is 6.32. The molecule has 0 radical (unpaired) electrons. The number of hydrogen-bond donors (Lipinski definition) is 1. The Morgan fingerprint density at radius 3 is 3.00 bits per heavy atom. The molecule has 8 nitrogen and oxygen atoms in total. The second kappa shape index (κ2) is 4.57. The van der Waals surface area contributed by atoms with Gasteiger partial charge in [0, 0.05) is 0 Å². The van der Waals surface area contributed by atoms with Gasteiger partial charge in [0.05, 0.1) is 16.5 Å². The first kappa shape index (κ1) is 12.5. The molecule has 1 aliphatic heterocycles. The number of nitrogen functional groups attached to an aromatic ring is 1. The molecule has 0 bridgehead atoms. The van der Waals surface area contributed by atoms with Crippen molar-refractivity contribution in [1.82, 2.24) is 9.78 Å². The van der Waals surface area contributed by atoms with Crippen LogP contribution in [0.3, 0.4) is 0 Å². The molecule has 1 aromatic heterocycles. The number of nitro groups is 1. The Hall–Kier alpha value is -2.48. The number of aromatic nitrogens is 2. The third-order valence-corrected chi connectivity index (χ3v) is 3.16. The van der Waals surface area contributed by atoms with Crippen LogP contribution in [0.4, 0.5) is 11.5 Å². The number of halogens is 1. The lowest BCUT2D eigenvalue weighted by atomic mass is 10.2. The number of fused-ring (bicyclic) bond motifs is 1. The van der Waals surface area contributed by atoms with E-state index in [0.717, 1.165) is 11.8 Å². The van der Waals surface area contributed by atoms with E-state index in [0.29, 0.717) is 16.5 Å². The third kappa shape index (κ3) is 1.99. The van der Waals surface area contributed by atoms with Crippen LogP contribution in [0.5, 0.6) is 11.5 Å². The third-order valence-electron chi connectivity index (χ3n) is 2.88. The zero-order chi connectivity index (χ0) is 14.3. The van der Waals surface area contributed by atoms with Crippen molar-refractivity contribution in [1.29, 1.82) is 0 Å². The van der Waals surface area contributed by atoms with Gasteiger partial charge in [-0.15, -0.1) is 0 Å². The molecule has 0 unspecified atom stereocenters. The topological polar surface area (TPSA) is 105 Å². The fourth-order valence-corrected chi connectivity index (χ4v) is 2.22.